The van der Waals surface area contributed by atoms with Crippen LogP contribution in [0.1, 0.15) is 41.0 Å². The average molecular weight is 292 g/mol. The molecule has 0 fully saturated rings. The molecule has 0 bridgehead atoms. The molecular weight excluding hydrogens is 264 g/mol. The van der Waals surface area contributed by atoms with Crippen LogP contribution in [0.5, 0.6) is 0 Å². The highest BCUT2D eigenvalue weighted by Crippen LogP contribution is 2.24. The zero-order valence-electron chi connectivity index (χ0n) is 12.9. The van der Waals surface area contributed by atoms with Gasteiger partial charge in [-0.1, -0.05) is 20.8 Å². The lowest BCUT2D eigenvalue weighted by molar-refractivity contribution is -0.125. The summed E-state index contributed by atoms with van der Waals surface area (Å²) in [5, 5.41) is 2.70. The second kappa shape index (κ2) is 6.22. The molecule has 0 spiro atoms. The zero-order chi connectivity index (χ0) is 15.5. The molecule has 0 aromatic rings. The Morgan fingerprint density at radius 1 is 1.21 bits per heavy atom. The van der Waals surface area contributed by atoms with Crippen LogP contribution in [-0.4, -0.2) is 38.4 Å². The average Bonchev–Trinajstić information content (AvgIpc) is 2.19. The molecule has 0 radical (unpaired) electrons. The summed E-state index contributed by atoms with van der Waals surface area (Å²) in [6.07, 6.45) is 1.85. The standard InChI is InChI=1S/C13H28N2O3S/c1-12(2,3)7-10(8-14)11(16)15-9-13(4,5)19(6,17)18/h10H,7-9,14H2,1-6H3,(H,15,16). The zero-order valence-corrected chi connectivity index (χ0v) is 13.7. The van der Waals surface area contributed by atoms with E-state index in [1.165, 1.54) is 6.26 Å². The molecule has 19 heavy (non-hydrogen) atoms. The Hall–Kier alpha value is -0.620. The van der Waals surface area contributed by atoms with Crippen LogP contribution < -0.4 is 11.1 Å². The van der Waals surface area contributed by atoms with E-state index >= 15 is 0 Å². The molecule has 0 saturated carbocycles. The summed E-state index contributed by atoms with van der Waals surface area (Å²) >= 11 is 0. The molecule has 0 aliphatic carbocycles. The van der Waals surface area contributed by atoms with Crippen molar-refractivity contribution in [1.29, 1.82) is 0 Å². The van der Waals surface area contributed by atoms with Gasteiger partial charge in [-0.25, -0.2) is 8.42 Å². The van der Waals surface area contributed by atoms with Crippen LogP contribution in [0.15, 0.2) is 0 Å². The van der Waals surface area contributed by atoms with Crippen LogP contribution in [0.4, 0.5) is 0 Å². The van der Waals surface area contributed by atoms with Gasteiger partial charge in [0.25, 0.3) is 0 Å². The van der Waals surface area contributed by atoms with Crippen LogP contribution in [0, 0.1) is 11.3 Å². The van der Waals surface area contributed by atoms with Crippen LogP contribution >= 0.6 is 0 Å². The highest BCUT2D eigenvalue weighted by molar-refractivity contribution is 7.92. The first kappa shape index (κ1) is 18.4. The van der Waals surface area contributed by atoms with Crippen molar-refractivity contribution >= 4 is 15.7 Å². The van der Waals surface area contributed by atoms with Crippen molar-refractivity contribution in [3.8, 4) is 0 Å². The highest BCUT2D eigenvalue weighted by atomic mass is 32.2. The molecule has 0 aromatic heterocycles. The summed E-state index contributed by atoms with van der Waals surface area (Å²) in [5.74, 6) is -0.454. The van der Waals surface area contributed by atoms with Gasteiger partial charge in [-0.15, -0.1) is 0 Å². The lowest BCUT2D eigenvalue weighted by atomic mass is 9.84. The second-order valence-electron chi connectivity index (χ2n) is 6.95. The van der Waals surface area contributed by atoms with E-state index in [0.717, 1.165) is 0 Å². The minimum atomic E-state index is -3.21. The molecule has 0 heterocycles. The van der Waals surface area contributed by atoms with Gasteiger partial charge in [-0.2, -0.15) is 0 Å². The van der Waals surface area contributed by atoms with E-state index in [-0.39, 0.29) is 30.3 Å². The molecule has 5 nitrogen and oxygen atoms in total. The van der Waals surface area contributed by atoms with E-state index in [0.29, 0.717) is 6.42 Å². The predicted molar refractivity (Wildman–Crippen MR) is 78.5 cm³/mol. The van der Waals surface area contributed by atoms with E-state index in [1.54, 1.807) is 13.8 Å². The van der Waals surface area contributed by atoms with E-state index in [9.17, 15) is 13.2 Å². The van der Waals surface area contributed by atoms with E-state index in [2.05, 4.69) is 5.32 Å². The second-order valence-corrected chi connectivity index (χ2v) is 9.60. The maximum Gasteiger partial charge on any atom is 0.224 e. The number of carbonyl (C=O) groups excluding carboxylic acids is 1. The van der Waals surface area contributed by atoms with E-state index in [4.69, 9.17) is 5.73 Å². The van der Waals surface area contributed by atoms with Crippen molar-refractivity contribution in [1.82, 2.24) is 5.32 Å². The lowest BCUT2D eigenvalue weighted by Crippen LogP contribution is -2.46. The molecule has 0 aliphatic rings. The van der Waals surface area contributed by atoms with Gasteiger partial charge >= 0.3 is 0 Å². The smallest absolute Gasteiger partial charge is 0.224 e. The number of rotatable bonds is 6. The van der Waals surface area contributed by atoms with Crippen molar-refractivity contribution in [3.05, 3.63) is 0 Å². The monoisotopic (exact) mass is 292 g/mol. The van der Waals surface area contributed by atoms with Crippen LogP contribution in [0.3, 0.4) is 0 Å². The van der Waals surface area contributed by atoms with Crippen molar-refractivity contribution < 1.29 is 13.2 Å². The molecule has 0 rings (SSSR count). The summed E-state index contributed by atoms with van der Waals surface area (Å²) in [6, 6.07) is 0. The van der Waals surface area contributed by atoms with Crippen LogP contribution in [0.25, 0.3) is 0 Å². The molecular formula is C13H28N2O3S. The van der Waals surface area contributed by atoms with Crippen molar-refractivity contribution in [2.24, 2.45) is 17.1 Å². The third-order valence-electron chi connectivity index (χ3n) is 3.21. The molecule has 114 valence electrons. The Balaban J connectivity index is 4.61. The summed E-state index contributed by atoms with van der Waals surface area (Å²) in [4.78, 5) is 12.0. The number of hydrogen-bond acceptors (Lipinski definition) is 4. The Labute approximate surface area is 117 Å². The van der Waals surface area contributed by atoms with Crippen molar-refractivity contribution in [3.63, 3.8) is 0 Å². The normalized spacial score (nSPS) is 15.1. The maximum atomic E-state index is 12.0. The molecule has 3 N–H and O–H groups in total. The maximum absolute atomic E-state index is 12.0. The first-order valence-electron chi connectivity index (χ1n) is 6.47. The van der Waals surface area contributed by atoms with Crippen LogP contribution in [0.2, 0.25) is 0 Å². The first-order chi connectivity index (χ1) is 8.30. The fourth-order valence-corrected chi connectivity index (χ4v) is 1.93. The quantitative estimate of drug-likeness (QED) is 0.762. The molecule has 6 heteroatoms. The molecule has 0 aliphatic heterocycles. The predicted octanol–water partition coefficient (Wildman–Crippen LogP) is 0.937. The van der Waals surface area contributed by atoms with Gasteiger partial charge in [0.15, 0.2) is 9.84 Å². The van der Waals surface area contributed by atoms with Gasteiger partial charge in [-0.3, -0.25) is 4.79 Å². The SMILES string of the molecule is CC(C)(C)CC(CN)C(=O)NCC(C)(C)S(C)(=O)=O. The number of carbonyl (C=O) groups is 1. The van der Waals surface area contributed by atoms with Gasteiger partial charge in [0.1, 0.15) is 0 Å². The lowest BCUT2D eigenvalue weighted by Gasteiger charge is -2.27. The molecule has 0 saturated heterocycles. The van der Waals surface area contributed by atoms with Gasteiger partial charge in [0.2, 0.25) is 5.91 Å². The Morgan fingerprint density at radius 3 is 2.00 bits per heavy atom. The number of nitrogens with one attached hydrogen (secondary N) is 1. The third-order valence-corrected chi connectivity index (χ3v) is 5.36. The van der Waals surface area contributed by atoms with Gasteiger partial charge in [0, 0.05) is 19.3 Å². The number of nitrogens with two attached hydrogens (primary N) is 1. The number of sulfone groups is 1. The Kier molecular flexibility index (Phi) is 6.02. The minimum absolute atomic E-state index is 0.00767. The van der Waals surface area contributed by atoms with Crippen molar-refractivity contribution in [2.75, 3.05) is 19.3 Å². The fraction of sp³-hybridized carbons (Fsp3) is 0.923. The van der Waals surface area contributed by atoms with Crippen LogP contribution in [-0.2, 0) is 14.6 Å². The topological polar surface area (TPSA) is 89.3 Å². The van der Waals surface area contributed by atoms with Gasteiger partial charge < -0.3 is 11.1 Å². The minimum Gasteiger partial charge on any atom is -0.354 e. The molecule has 1 atom stereocenters. The summed E-state index contributed by atoms with van der Waals surface area (Å²) in [7, 11) is -3.21. The summed E-state index contributed by atoms with van der Waals surface area (Å²) < 4.78 is 22.1. The molecule has 1 unspecified atom stereocenters. The molecule has 1 amide bonds. The fourth-order valence-electron chi connectivity index (χ4n) is 1.60. The number of amides is 1. The highest BCUT2D eigenvalue weighted by Gasteiger charge is 2.32. The molecule has 0 aromatic carbocycles. The Bertz CT molecular complexity index is 408. The summed E-state index contributed by atoms with van der Waals surface area (Å²) in [6.45, 7) is 9.71. The van der Waals surface area contributed by atoms with E-state index < -0.39 is 14.6 Å². The largest absolute Gasteiger partial charge is 0.354 e. The first-order valence-corrected chi connectivity index (χ1v) is 8.37. The van der Waals surface area contributed by atoms with Gasteiger partial charge in [0.05, 0.1) is 10.7 Å². The van der Waals surface area contributed by atoms with E-state index in [1.807, 2.05) is 20.8 Å². The third kappa shape index (κ3) is 6.38. The Morgan fingerprint density at radius 2 is 1.68 bits per heavy atom. The van der Waals surface area contributed by atoms with Crippen molar-refractivity contribution in [2.45, 2.75) is 45.8 Å². The summed E-state index contributed by atoms with van der Waals surface area (Å²) in [5.41, 5.74) is 5.63. The number of hydrogen-bond donors (Lipinski definition) is 2. The van der Waals surface area contributed by atoms with Gasteiger partial charge in [-0.05, 0) is 25.7 Å².